The summed E-state index contributed by atoms with van der Waals surface area (Å²) in [5, 5.41) is 2.92. The van der Waals surface area contributed by atoms with Crippen molar-refractivity contribution < 1.29 is 19.1 Å². The van der Waals surface area contributed by atoms with Gasteiger partial charge < -0.3 is 24.6 Å². The van der Waals surface area contributed by atoms with E-state index < -0.39 is 0 Å². The fourth-order valence-electron chi connectivity index (χ4n) is 2.78. The van der Waals surface area contributed by atoms with Crippen LogP contribution in [0.3, 0.4) is 0 Å². The normalized spacial score (nSPS) is 16.9. The maximum atomic E-state index is 12.3. The number of nitrogens with one attached hydrogen (secondary N) is 1. The van der Waals surface area contributed by atoms with Crippen LogP contribution in [0.4, 0.5) is 4.79 Å². The third kappa shape index (κ3) is 3.67. The molecule has 0 atom stereocenters. The average molecular weight is 319 g/mol. The number of rotatable bonds is 2. The second-order valence-electron chi connectivity index (χ2n) is 5.69. The highest BCUT2D eigenvalue weighted by molar-refractivity contribution is 5.75. The Hall–Kier alpha value is -2.44. The highest BCUT2D eigenvalue weighted by Crippen LogP contribution is 2.32. The van der Waals surface area contributed by atoms with Crippen LogP contribution >= 0.6 is 0 Å². The molecule has 1 aromatic rings. The number of amides is 3. The summed E-state index contributed by atoms with van der Waals surface area (Å²) in [6.45, 7) is 4.76. The Morgan fingerprint density at radius 3 is 2.65 bits per heavy atom. The molecule has 7 nitrogen and oxygen atoms in total. The number of fused-ring (bicyclic) bond motifs is 1. The van der Waals surface area contributed by atoms with Crippen LogP contribution in [0.25, 0.3) is 0 Å². The molecule has 0 radical (unpaired) electrons. The first-order valence-corrected chi connectivity index (χ1v) is 7.80. The van der Waals surface area contributed by atoms with Crippen LogP contribution in [-0.2, 0) is 11.3 Å². The SMILES string of the molecule is CC(=O)N1CCCN(C(=O)NCc2ccc3c(c2)OCO3)CC1. The predicted octanol–water partition coefficient (Wildman–Crippen LogP) is 1.18. The number of nitrogens with zero attached hydrogens (tertiary/aromatic N) is 2. The van der Waals surface area contributed by atoms with Crippen LogP contribution in [0.15, 0.2) is 18.2 Å². The molecule has 1 saturated heterocycles. The summed E-state index contributed by atoms with van der Waals surface area (Å²) < 4.78 is 10.6. The van der Waals surface area contributed by atoms with E-state index in [1.165, 1.54) is 0 Å². The molecule has 0 spiro atoms. The maximum Gasteiger partial charge on any atom is 0.317 e. The first-order chi connectivity index (χ1) is 11.1. The van der Waals surface area contributed by atoms with E-state index in [-0.39, 0.29) is 18.7 Å². The molecule has 1 N–H and O–H groups in total. The van der Waals surface area contributed by atoms with E-state index >= 15 is 0 Å². The number of benzene rings is 1. The van der Waals surface area contributed by atoms with E-state index in [4.69, 9.17) is 9.47 Å². The minimum absolute atomic E-state index is 0.0626. The van der Waals surface area contributed by atoms with Gasteiger partial charge in [0.25, 0.3) is 0 Å². The van der Waals surface area contributed by atoms with Crippen molar-refractivity contribution >= 4 is 11.9 Å². The van der Waals surface area contributed by atoms with Crippen molar-refractivity contribution in [2.24, 2.45) is 0 Å². The first-order valence-electron chi connectivity index (χ1n) is 7.80. The first kappa shape index (κ1) is 15.5. The second kappa shape index (κ2) is 6.76. The summed E-state index contributed by atoms with van der Waals surface area (Å²) in [5.74, 6) is 1.51. The Balaban J connectivity index is 1.52. The van der Waals surface area contributed by atoms with E-state index in [2.05, 4.69) is 5.32 Å². The molecule has 7 heteroatoms. The van der Waals surface area contributed by atoms with Gasteiger partial charge in [0.1, 0.15) is 0 Å². The average Bonchev–Trinajstić information content (AvgIpc) is 2.86. The van der Waals surface area contributed by atoms with Gasteiger partial charge in [0.15, 0.2) is 11.5 Å². The molecular weight excluding hydrogens is 298 g/mol. The summed E-state index contributed by atoms with van der Waals surface area (Å²) in [6.07, 6.45) is 0.803. The van der Waals surface area contributed by atoms with Crippen molar-refractivity contribution in [2.45, 2.75) is 19.9 Å². The van der Waals surface area contributed by atoms with Gasteiger partial charge in [-0.05, 0) is 24.1 Å². The van der Waals surface area contributed by atoms with E-state index in [0.29, 0.717) is 38.5 Å². The molecule has 3 amide bonds. The van der Waals surface area contributed by atoms with Gasteiger partial charge >= 0.3 is 6.03 Å². The summed E-state index contributed by atoms with van der Waals surface area (Å²) in [6, 6.07) is 5.53. The highest BCUT2D eigenvalue weighted by Gasteiger charge is 2.20. The number of carbonyl (C=O) groups is 2. The van der Waals surface area contributed by atoms with Gasteiger partial charge in [-0.2, -0.15) is 0 Å². The molecule has 0 unspecified atom stereocenters. The summed E-state index contributed by atoms with van der Waals surface area (Å²) in [5.41, 5.74) is 0.961. The minimum Gasteiger partial charge on any atom is -0.454 e. The van der Waals surface area contributed by atoms with Crippen molar-refractivity contribution in [3.8, 4) is 11.5 Å². The lowest BCUT2D eigenvalue weighted by atomic mass is 10.2. The molecule has 0 saturated carbocycles. The van der Waals surface area contributed by atoms with Gasteiger partial charge in [-0.1, -0.05) is 6.07 Å². The lowest BCUT2D eigenvalue weighted by Gasteiger charge is -2.21. The standard InChI is InChI=1S/C16H21N3O4/c1-12(20)18-5-2-6-19(8-7-18)16(21)17-10-13-3-4-14-15(9-13)23-11-22-14/h3-4,9H,2,5-8,10-11H2,1H3,(H,17,21). The molecule has 3 rings (SSSR count). The topological polar surface area (TPSA) is 71.1 Å². The van der Waals surface area contributed by atoms with Crippen molar-refractivity contribution in [2.75, 3.05) is 33.0 Å². The van der Waals surface area contributed by atoms with Gasteiger partial charge in [-0.3, -0.25) is 4.79 Å². The van der Waals surface area contributed by atoms with E-state index in [1.807, 2.05) is 18.2 Å². The Morgan fingerprint density at radius 2 is 1.83 bits per heavy atom. The number of ether oxygens (including phenoxy) is 2. The fraction of sp³-hybridized carbons (Fsp3) is 0.500. The minimum atomic E-state index is -0.104. The van der Waals surface area contributed by atoms with Gasteiger partial charge in [-0.15, -0.1) is 0 Å². The third-order valence-electron chi connectivity index (χ3n) is 4.11. The molecule has 0 bridgehead atoms. The molecule has 0 aromatic heterocycles. The summed E-state index contributed by atoms with van der Waals surface area (Å²) in [7, 11) is 0. The zero-order chi connectivity index (χ0) is 16.2. The van der Waals surface area contributed by atoms with Gasteiger partial charge in [0.2, 0.25) is 12.7 Å². The molecule has 2 heterocycles. The zero-order valence-corrected chi connectivity index (χ0v) is 13.2. The summed E-state index contributed by atoms with van der Waals surface area (Å²) >= 11 is 0. The Labute approximate surface area is 135 Å². The van der Waals surface area contributed by atoms with Crippen molar-refractivity contribution in [1.29, 1.82) is 0 Å². The Bertz CT molecular complexity index is 605. The molecule has 2 aliphatic rings. The van der Waals surface area contributed by atoms with Crippen LogP contribution in [0.2, 0.25) is 0 Å². The number of hydrogen-bond acceptors (Lipinski definition) is 4. The highest BCUT2D eigenvalue weighted by atomic mass is 16.7. The Kier molecular flexibility index (Phi) is 4.55. The lowest BCUT2D eigenvalue weighted by Crippen LogP contribution is -2.42. The van der Waals surface area contributed by atoms with Gasteiger partial charge in [0.05, 0.1) is 0 Å². The number of carbonyl (C=O) groups excluding carboxylic acids is 2. The third-order valence-corrected chi connectivity index (χ3v) is 4.11. The van der Waals surface area contributed by atoms with Gasteiger partial charge in [0, 0.05) is 39.6 Å². The van der Waals surface area contributed by atoms with Gasteiger partial charge in [-0.25, -0.2) is 4.79 Å². The molecule has 1 aromatic carbocycles. The lowest BCUT2D eigenvalue weighted by molar-refractivity contribution is -0.128. The Morgan fingerprint density at radius 1 is 1.09 bits per heavy atom. The van der Waals surface area contributed by atoms with Crippen LogP contribution < -0.4 is 14.8 Å². The van der Waals surface area contributed by atoms with Crippen molar-refractivity contribution in [3.05, 3.63) is 23.8 Å². The zero-order valence-electron chi connectivity index (χ0n) is 13.2. The molecule has 0 aliphatic carbocycles. The predicted molar refractivity (Wildman–Crippen MR) is 83.2 cm³/mol. The smallest absolute Gasteiger partial charge is 0.317 e. The molecule has 2 aliphatic heterocycles. The number of hydrogen-bond donors (Lipinski definition) is 1. The van der Waals surface area contributed by atoms with Crippen molar-refractivity contribution in [3.63, 3.8) is 0 Å². The van der Waals surface area contributed by atoms with E-state index in [1.54, 1.807) is 16.7 Å². The second-order valence-corrected chi connectivity index (χ2v) is 5.69. The fourth-order valence-corrected chi connectivity index (χ4v) is 2.78. The van der Waals surface area contributed by atoms with Crippen LogP contribution in [0.1, 0.15) is 18.9 Å². The monoisotopic (exact) mass is 319 g/mol. The molecule has 1 fully saturated rings. The van der Waals surface area contributed by atoms with Crippen LogP contribution in [-0.4, -0.2) is 54.7 Å². The number of urea groups is 1. The quantitative estimate of drug-likeness (QED) is 0.888. The van der Waals surface area contributed by atoms with E-state index in [9.17, 15) is 9.59 Å². The molecule has 124 valence electrons. The molecular formula is C16H21N3O4. The van der Waals surface area contributed by atoms with Crippen LogP contribution in [0, 0.1) is 0 Å². The van der Waals surface area contributed by atoms with E-state index in [0.717, 1.165) is 17.7 Å². The van der Waals surface area contributed by atoms with Crippen LogP contribution in [0.5, 0.6) is 11.5 Å². The largest absolute Gasteiger partial charge is 0.454 e. The van der Waals surface area contributed by atoms with Crippen molar-refractivity contribution in [1.82, 2.24) is 15.1 Å². The maximum absolute atomic E-state index is 12.3. The molecule has 23 heavy (non-hydrogen) atoms. The summed E-state index contributed by atoms with van der Waals surface area (Å²) in [4.78, 5) is 27.2.